The molecule has 0 saturated carbocycles. The van der Waals surface area contributed by atoms with Gasteiger partial charge < -0.3 is 19.3 Å². The zero-order valence-corrected chi connectivity index (χ0v) is 17.2. The molecule has 0 bridgehead atoms. The molecule has 29 heavy (non-hydrogen) atoms. The summed E-state index contributed by atoms with van der Waals surface area (Å²) in [5.74, 6) is 1.57. The minimum Gasteiger partial charge on any atom is -0.481 e. The van der Waals surface area contributed by atoms with Gasteiger partial charge in [0.25, 0.3) is 5.91 Å². The zero-order valence-electron chi connectivity index (χ0n) is 17.2. The van der Waals surface area contributed by atoms with Crippen molar-refractivity contribution >= 4 is 12.0 Å². The number of amides is 2. The fourth-order valence-electron chi connectivity index (χ4n) is 3.21. The topological polar surface area (TPSA) is 59.1 Å². The van der Waals surface area contributed by atoms with Crippen LogP contribution < -0.4 is 9.47 Å². The predicted molar refractivity (Wildman–Crippen MR) is 111 cm³/mol. The third-order valence-corrected chi connectivity index (χ3v) is 5.01. The summed E-state index contributed by atoms with van der Waals surface area (Å²) in [5.41, 5.74) is 1.23. The maximum Gasteiger partial charge on any atom is 0.415 e. The molecule has 2 aromatic rings. The number of carbonyl (C=O) groups is 2. The van der Waals surface area contributed by atoms with Crippen molar-refractivity contribution in [2.75, 3.05) is 26.2 Å². The van der Waals surface area contributed by atoms with Crippen molar-refractivity contribution in [3.8, 4) is 11.5 Å². The molecular weight excluding hydrogens is 368 g/mol. The lowest BCUT2D eigenvalue weighted by Crippen LogP contribution is -2.53. The molecule has 3 rings (SSSR count). The number of rotatable bonds is 5. The van der Waals surface area contributed by atoms with E-state index in [4.69, 9.17) is 9.47 Å². The first-order valence-corrected chi connectivity index (χ1v) is 10.0. The van der Waals surface area contributed by atoms with Gasteiger partial charge in [0.05, 0.1) is 0 Å². The number of nitrogens with zero attached hydrogens (tertiary/aromatic N) is 2. The van der Waals surface area contributed by atoms with Crippen LogP contribution in [0.5, 0.6) is 11.5 Å². The van der Waals surface area contributed by atoms with Crippen molar-refractivity contribution in [2.45, 2.75) is 32.8 Å². The second-order valence-electron chi connectivity index (χ2n) is 7.48. The minimum atomic E-state index is -0.581. The second-order valence-corrected chi connectivity index (χ2v) is 7.48. The molecule has 0 N–H and O–H groups in total. The van der Waals surface area contributed by atoms with Crippen molar-refractivity contribution in [2.24, 2.45) is 0 Å². The number of carbonyl (C=O) groups excluding carboxylic acids is 2. The molecule has 1 heterocycles. The fourth-order valence-corrected chi connectivity index (χ4v) is 3.21. The molecule has 1 unspecified atom stereocenters. The molecule has 1 atom stereocenters. The van der Waals surface area contributed by atoms with E-state index in [9.17, 15) is 9.59 Å². The number of piperazine rings is 1. The monoisotopic (exact) mass is 396 g/mol. The van der Waals surface area contributed by atoms with Crippen LogP contribution in [0, 0.1) is 0 Å². The lowest BCUT2D eigenvalue weighted by molar-refractivity contribution is -0.139. The summed E-state index contributed by atoms with van der Waals surface area (Å²) in [6, 6.07) is 16.8. The van der Waals surface area contributed by atoms with Gasteiger partial charge in [-0.15, -0.1) is 0 Å². The Morgan fingerprint density at radius 2 is 1.38 bits per heavy atom. The normalized spacial score (nSPS) is 15.2. The first kappa shape index (κ1) is 20.7. The van der Waals surface area contributed by atoms with E-state index in [1.54, 1.807) is 28.9 Å². The summed E-state index contributed by atoms with van der Waals surface area (Å²) < 4.78 is 11.2. The molecule has 154 valence electrons. The Morgan fingerprint density at radius 1 is 0.793 bits per heavy atom. The highest BCUT2D eigenvalue weighted by atomic mass is 16.6. The summed E-state index contributed by atoms with van der Waals surface area (Å²) in [7, 11) is 0. The van der Waals surface area contributed by atoms with E-state index in [1.807, 2.05) is 42.5 Å². The number of ether oxygens (including phenoxy) is 2. The lowest BCUT2D eigenvalue weighted by Gasteiger charge is -2.35. The lowest BCUT2D eigenvalue weighted by atomic mass is 10.0. The van der Waals surface area contributed by atoms with Gasteiger partial charge in [-0.2, -0.15) is 0 Å². The third kappa shape index (κ3) is 5.50. The van der Waals surface area contributed by atoms with Gasteiger partial charge in [0, 0.05) is 26.2 Å². The maximum atomic E-state index is 12.7. The smallest absolute Gasteiger partial charge is 0.415 e. The largest absolute Gasteiger partial charge is 0.481 e. The molecule has 0 radical (unpaired) electrons. The molecule has 1 aliphatic rings. The molecule has 0 aliphatic carbocycles. The average Bonchev–Trinajstić information content (AvgIpc) is 2.74. The van der Waals surface area contributed by atoms with Gasteiger partial charge in [-0.05, 0) is 42.7 Å². The van der Waals surface area contributed by atoms with E-state index in [-0.39, 0.29) is 5.91 Å². The van der Waals surface area contributed by atoms with Crippen LogP contribution in [0.1, 0.15) is 32.3 Å². The van der Waals surface area contributed by atoms with E-state index in [1.165, 1.54) is 5.56 Å². The van der Waals surface area contributed by atoms with E-state index in [0.717, 1.165) is 0 Å². The molecule has 2 aromatic carbocycles. The van der Waals surface area contributed by atoms with Crippen molar-refractivity contribution in [1.82, 2.24) is 9.80 Å². The van der Waals surface area contributed by atoms with Crippen LogP contribution in [-0.4, -0.2) is 54.1 Å². The van der Waals surface area contributed by atoms with Gasteiger partial charge in [0.15, 0.2) is 6.10 Å². The summed E-state index contributed by atoms with van der Waals surface area (Å²) in [6.45, 7) is 7.83. The summed E-state index contributed by atoms with van der Waals surface area (Å²) in [4.78, 5) is 28.3. The van der Waals surface area contributed by atoms with Gasteiger partial charge in [0.2, 0.25) is 0 Å². The Hall–Kier alpha value is -3.02. The van der Waals surface area contributed by atoms with Gasteiger partial charge in [-0.3, -0.25) is 4.79 Å². The van der Waals surface area contributed by atoms with Crippen molar-refractivity contribution in [1.29, 1.82) is 0 Å². The number of hydrogen-bond acceptors (Lipinski definition) is 4. The molecular formula is C23H28N2O4. The highest BCUT2D eigenvalue weighted by Crippen LogP contribution is 2.20. The summed E-state index contributed by atoms with van der Waals surface area (Å²) in [5, 5.41) is 0. The third-order valence-electron chi connectivity index (χ3n) is 5.01. The van der Waals surface area contributed by atoms with Crippen LogP contribution in [0.15, 0.2) is 54.6 Å². The molecule has 1 fully saturated rings. The van der Waals surface area contributed by atoms with E-state index >= 15 is 0 Å². The first-order valence-electron chi connectivity index (χ1n) is 10.0. The number of benzene rings is 2. The predicted octanol–water partition coefficient (Wildman–Crippen LogP) is 3.92. The SMILES string of the molecule is CC(Oc1ccc(C(C)C)cc1)C(=O)N1CCN(C(=O)Oc2ccccc2)CC1. The Morgan fingerprint density at radius 3 is 1.97 bits per heavy atom. The Balaban J connectivity index is 1.48. The van der Waals surface area contributed by atoms with Crippen LogP contribution in [0.25, 0.3) is 0 Å². The van der Waals surface area contributed by atoms with Crippen LogP contribution in [-0.2, 0) is 4.79 Å². The minimum absolute atomic E-state index is 0.0750. The van der Waals surface area contributed by atoms with Gasteiger partial charge >= 0.3 is 6.09 Å². The zero-order chi connectivity index (χ0) is 20.8. The molecule has 0 aromatic heterocycles. The van der Waals surface area contributed by atoms with Crippen molar-refractivity contribution in [3.05, 3.63) is 60.2 Å². The van der Waals surface area contributed by atoms with Gasteiger partial charge in [-0.25, -0.2) is 4.79 Å². The standard InChI is InChI=1S/C23H28N2O4/c1-17(2)19-9-11-21(12-10-19)28-18(3)22(26)24-13-15-25(16-14-24)23(27)29-20-7-5-4-6-8-20/h4-12,17-18H,13-16H2,1-3H3. The highest BCUT2D eigenvalue weighted by molar-refractivity contribution is 5.81. The summed E-state index contributed by atoms with van der Waals surface area (Å²) in [6.07, 6.45) is -0.972. The van der Waals surface area contributed by atoms with E-state index in [0.29, 0.717) is 43.6 Å². The van der Waals surface area contributed by atoms with E-state index < -0.39 is 12.2 Å². The molecule has 0 spiro atoms. The van der Waals surface area contributed by atoms with Gasteiger partial charge in [0.1, 0.15) is 11.5 Å². The number of para-hydroxylation sites is 1. The van der Waals surface area contributed by atoms with Gasteiger partial charge in [-0.1, -0.05) is 44.2 Å². The van der Waals surface area contributed by atoms with Crippen molar-refractivity contribution in [3.63, 3.8) is 0 Å². The van der Waals surface area contributed by atoms with Crippen LogP contribution in [0.3, 0.4) is 0 Å². The summed E-state index contributed by atoms with van der Waals surface area (Å²) >= 11 is 0. The first-order chi connectivity index (χ1) is 13.9. The average molecular weight is 396 g/mol. The molecule has 2 amide bonds. The Bertz CT molecular complexity index is 813. The molecule has 6 nitrogen and oxygen atoms in total. The van der Waals surface area contributed by atoms with E-state index in [2.05, 4.69) is 13.8 Å². The molecule has 1 saturated heterocycles. The maximum absolute atomic E-state index is 12.7. The molecule has 6 heteroatoms. The number of hydrogen-bond donors (Lipinski definition) is 0. The highest BCUT2D eigenvalue weighted by Gasteiger charge is 2.28. The van der Waals surface area contributed by atoms with Crippen LogP contribution >= 0.6 is 0 Å². The van der Waals surface area contributed by atoms with Crippen LogP contribution in [0.4, 0.5) is 4.79 Å². The van der Waals surface area contributed by atoms with Crippen LogP contribution in [0.2, 0.25) is 0 Å². The molecule has 1 aliphatic heterocycles. The quantitative estimate of drug-likeness (QED) is 0.769. The van der Waals surface area contributed by atoms with Crippen molar-refractivity contribution < 1.29 is 19.1 Å². The Labute approximate surface area is 172 Å². The Kier molecular flexibility index (Phi) is 6.75. The fraction of sp³-hybridized carbons (Fsp3) is 0.391. The second kappa shape index (κ2) is 9.45.